The van der Waals surface area contributed by atoms with Gasteiger partial charge in [-0.3, -0.25) is 19.7 Å². The van der Waals surface area contributed by atoms with Gasteiger partial charge in [0.05, 0.1) is 18.1 Å². The number of nitro benzene ring substituents is 1. The van der Waals surface area contributed by atoms with E-state index in [1.807, 2.05) is 0 Å². The number of rotatable bonds is 3. The van der Waals surface area contributed by atoms with Gasteiger partial charge in [0.2, 0.25) is 5.91 Å². The molecule has 1 aromatic carbocycles. The molecule has 21 heavy (non-hydrogen) atoms. The molecule has 1 heterocycles. The Morgan fingerprint density at radius 2 is 2.19 bits per heavy atom. The van der Waals surface area contributed by atoms with Crippen molar-refractivity contribution >= 4 is 17.5 Å². The summed E-state index contributed by atoms with van der Waals surface area (Å²) in [5.74, 6) is -0.921. The Morgan fingerprint density at radius 3 is 2.76 bits per heavy atom. The molecule has 0 radical (unpaired) electrons. The first-order valence-electron chi connectivity index (χ1n) is 6.35. The molecule has 2 amide bonds. The highest BCUT2D eigenvalue weighted by atomic mass is 16.6. The highest BCUT2D eigenvalue weighted by molar-refractivity contribution is 5.95. The van der Waals surface area contributed by atoms with Crippen LogP contribution in [0.3, 0.4) is 0 Å². The Kier molecular flexibility index (Phi) is 4.18. The maximum Gasteiger partial charge on any atom is 0.272 e. The van der Waals surface area contributed by atoms with E-state index in [4.69, 9.17) is 10.5 Å². The van der Waals surface area contributed by atoms with Crippen LogP contribution in [0.4, 0.5) is 5.69 Å². The number of hydrogen-bond donors (Lipinski definition) is 1. The SMILES string of the molecule is Cc1cc(C(=O)N2CCOC(C(N)=O)C2)ccc1[N+](=O)[O-]. The van der Waals surface area contributed by atoms with Crippen molar-refractivity contribution < 1.29 is 19.2 Å². The maximum atomic E-state index is 12.3. The third kappa shape index (κ3) is 3.16. The molecule has 0 bridgehead atoms. The van der Waals surface area contributed by atoms with Crippen molar-refractivity contribution in [3.63, 3.8) is 0 Å². The van der Waals surface area contributed by atoms with E-state index in [-0.39, 0.29) is 24.7 Å². The normalized spacial score (nSPS) is 18.3. The first-order chi connectivity index (χ1) is 9.90. The van der Waals surface area contributed by atoms with E-state index >= 15 is 0 Å². The quantitative estimate of drug-likeness (QED) is 0.632. The zero-order valence-corrected chi connectivity index (χ0v) is 11.4. The standard InChI is InChI=1S/C13H15N3O5/c1-8-6-9(2-3-10(8)16(19)20)13(18)15-4-5-21-11(7-15)12(14)17/h2-3,6,11H,4-5,7H2,1H3,(H2,14,17). The predicted molar refractivity (Wildman–Crippen MR) is 72.7 cm³/mol. The van der Waals surface area contributed by atoms with Crippen molar-refractivity contribution in [2.45, 2.75) is 13.0 Å². The summed E-state index contributed by atoms with van der Waals surface area (Å²) in [6, 6.07) is 4.17. The minimum absolute atomic E-state index is 0.0384. The summed E-state index contributed by atoms with van der Waals surface area (Å²) in [6.07, 6.45) is -0.818. The Hall–Kier alpha value is -2.48. The fourth-order valence-electron chi connectivity index (χ4n) is 2.18. The molecule has 112 valence electrons. The summed E-state index contributed by atoms with van der Waals surface area (Å²) in [7, 11) is 0. The average Bonchev–Trinajstić information content (AvgIpc) is 2.46. The lowest BCUT2D eigenvalue weighted by atomic mass is 10.1. The van der Waals surface area contributed by atoms with Gasteiger partial charge in [-0.25, -0.2) is 0 Å². The molecule has 1 saturated heterocycles. The van der Waals surface area contributed by atoms with E-state index in [9.17, 15) is 19.7 Å². The van der Waals surface area contributed by atoms with Gasteiger partial charge in [-0.1, -0.05) is 0 Å². The van der Waals surface area contributed by atoms with Crippen molar-refractivity contribution in [3.05, 3.63) is 39.4 Å². The first kappa shape index (κ1) is 14.9. The van der Waals surface area contributed by atoms with Crippen LogP contribution < -0.4 is 5.73 Å². The molecular weight excluding hydrogens is 278 g/mol. The van der Waals surface area contributed by atoms with Gasteiger partial charge in [-0.2, -0.15) is 0 Å². The lowest BCUT2D eigenvalue weighted by molar-refractivity contribution is -0.385. The van der Waals surface area contributed by atoms with Gasteiger partial charge < -0.3 is 15.4 Å². The fraction of sp³-hybridized carbons (Fsp3) is 0.385. The molecule has 1 fully saturated rings. The van der Waals surface area contributed by atoms with Gasteiger partial charge in [0.15, 0.2) is 6.10 Å². The smallest absolute Gasteiger partial charge is 0.272 e. The topological polar surface area (TPSA) is 116 Å². The van der Waals surface area contributed by atoms with Gasteiger partial charge in [0.1, 0.15) is 0 Å². The summed E-state index contributed by atoms with van der Waals surface area (Å²) in [4.78, 5) is 35.2. The monoisotopic (exact) mass is 293 g/mol. The Bertz CT molecular complexity index is 601. The third-order valence-corrected chi connectivity index (χ3v) is 3.31. The molecule has 1 aliphatic heterocycles. The van der Waals surface area contributed by atoms with Crippen LogP contribution in [-0.2, 0) is 9.53 Å². The summed E-state index contributed by atoms with van der Waals surface area (Å²) in [6.45, 7) is 2.23. The minimum atomic E-state index is -0.818. The van der Waals surface area contributed by atoms with E-state index in [2.05, 4.69) is 0 Å². The van der Waals surface area contributed by atoms with Crippen molar-refractivity contribution in [2.75, 3.05) is 19.7 Å². The molecule has 8 heteroatoms. The van der Waals surface area contributed by atoms with E-state index in [1.54, 1.807) is 6.92 Å². The molecule has 1 atom stereocenters. The largest absolute Gasteiger partial charge is 0.367 e. The van der Waals surface area contributed by atoms with Gasteiger partial charge >= 0.3 is 0 Å². The number of primary amides is 1. The van der Waals surface area contributed by atoms with E-state index in [0.717, 1.165) is 0 Å². The summed E-state index contributed by atoms with van der Waals surface area (Å²) in [5, 5.41) is 10.8. The number of ether oxygens (including phenoxy) is 1. The van der Waals surface area contributed by atoms with E-state index < -0.39 is 16.9 Å². The van der Waals surface area contributed by atoms with Crippen LogP contribution in [-0.4, -0.2) is 47.4 Å². The van der Waals surface area contributed by atoms with Crippen LogP contribution in [0.5, 0.6) is 0 Å². The number of benzene rings is 1. The molecule has 0 spiro atoms. The number of hydrogen-bond acceptors (Lipinski definition) is 5. The number of carbonyl (C=O) groups excluding carboxylic acids is 2. The summed E-state index contributed by atoms with van der Waals surface area (Å²) in [5.41, 5.74) is 5.87. The number of nitrogens with two attached hydrogens (primary N) is 1. The first-order valence-corrected chi connectivity index (χ1v) is 6.35. The second-order valence-corrected chi connectivity index (χ2v) is 4.77. The summed E-state index contributed by atoms with van der Waals surface area (Å²) >= 11 is 0. The van der Waals surface area contributed by atoms with Crippen molar-refractivity contribution in [1.82, 2.24) is 4.90 Å². The maximum absolute atomic E-state index is 12.3. The molecule has 2 rings (SSSR count). The number of morpholine rings is 1. The number of aryl methyl sites for hydroxylation is 1. The molecule has 1 aromatic rings. The Balaban J connectivity index is 2.18. The van der Waals surface area contributed by atoms with Gasteiger partial charge in [-0.05, 0) is 19.1 Å². The lowest BCUT2D eigenvalue weighted by Gasteiger charge is -2.31. The second-order valence-electron chi connectivity index (χ2n) is 4.77. The van der Waals surface area contributed by atoms with Crippen LogP contribution in [0.25, 0.3) is 0 Å². The van der Waals surface area contributed by atoms with Crippen molar-refractivity contribution in [3.8, 4) is 0 Å². The highest BCUT2D eigenvalue weighted by Gasteiger charge is 2.28. The summed E-state index contributed by atoms with van der Waals surface area (Å²) < 4.78 is 5.17. The number of nitro groups is 1. The average molecular weight is 293 g/mol. The van der Waals surface area contributed by atoms with Gasteiger partial charge in [0, 0.05) is 23.7 Å². The third-order valence-electron chi connectivity index (χ3n) is 3.31. The highest BCUT2D eigenvalue weighted by Crippen LogP contribution is 2.20. The van der Waals surface area contributed by atoms with Crippen LogP contribution in [0.1, 0.15) is 15.9 Å². The van der Waals surface area contributed by atoms with Crippen LogP contribution in [0.2, 0.25) is 0 Å². The van der Waals surface area contributed by atoms with Crippen LogP contribution >= 0.6 is 0 Å². The zero-order valence-electron chi connectivity index (χ0n) is 11.4. The molecule has 0 aromatic heterocycles. The van der Waals surface area contributed by atoms with E-state index in [1.165, 1.54) is 23.1 Å². The van der Waals surface area contributed by atoms with E-state index in [0.29, 0.717) is 17.7 Å². The number of nitrogens with zero attached hydrogens (tertiary/aromatic N) is 2. The van der Waals surface area contributed by atoms with Crippen molar-refractivity contribution in [1.29, 1.82) is 0 Å². The lowest BCUT2D eigenvalue weighted by Crippen LogP contribution is -2.50. The Labute approximate surface area is 120 Å². The second kappa shape index (κ2) is 5.88. The molecular formula is C13H15N3O5. The molecule has 2 N–H and O–H groups in total. The molecule has 1 unspecified atom stereocenters. The minimum Gasteiger partial charge on any atom is -0.367 e. The van der Waals surface area contributed by atoms with Crippen molar-refractivity contribution in [2.24, 2.45) is 5.73 Å². The van der Waals surface area contributed by atoms with Crippen LogP contribution in [0, 0.1) is 17.0 Å². The Morgan fingerprint density at radius 1 is 1.48 bits per heavy atom. The molecule has 0 saturated carbocycles. The molecule has 8 nitrogen and oxygen atoms in total. The molecule has 1 aliphatic rings. The predicted octanol–water partition coefficient (Wildman–Crippen LogP) is 0.230. The van der Waals surface area contributed by atoms with Gasteiger partial charge in [0.25, 0.3) is 11.6 Å². The fourth-order valence-corrected chi connectivity index (χ4v) is 2.18. The van der Waals surface area contributed by atoms with Crippen LogP contribution in [0.15, 0.2) is 18.2 Å². The molecule has 0 aliphatic carbocycles. The zero-order chi connectivity index (χ0) is 15.6. The number of carbonyl (C=O) groups is 2. The number of amides is 2. The van der Waals surface area contributed by atoms with Gasteiger partial charge in [-0.15, -0.1) is 0 Å².